The van der Waals surface area contributed by atoms with Crippen molar-refractivity contribution in [2.75, 3.05) is 38.2 Å². The minimum absolute atomic E-state index is 0. The van der Waals surface area contributed by atoms with Crippen LogP contribution in [0.5, 0.6) is 5.75 Å². The van der Waals surface area contributed by atoms with Crippen molar-refractivity contribution in [1.82, 2.24) is 10.6 Å². The van der Waals surface area contributed by atoms with E-state index >= 15 is 0 Å². The van der Waals surface area contributed by atoms with E-state index in [0.29, 0.717) is 12.5 Å². The lowest BCUT2D eigenvalue weighted by atomic mass is 10.1. The molecule has 1 saturated heterocycles. The molecule has 0 aromatic heterocycles. The smallest absolute Gasteiger partial charge is 0.191 e. The maximum absolute atomic E-state index is 5.95. The van der Waals surface area contributed by atoms with E-state index < -0.39 is 0 Å². The van der Waals surface area contributed by atoms with Crippen LogP contribution in [-0.2, 0) is 6.54 Å². The topological polar surface area (TPSA) is 48.9 Å². The van der Waals surface area contributed by atoms with Crippen LogP contribution in [0, 0.1) is 5.92 Å². The molecule has 29 heavy (non-hydrogen) atoms. The Kier molecular flexibility index (Phi) is 9.87. The van der Waals surface area contributed by atoms with Gasteiger partial charge in [-0.15, -0.1) is 24.0 Å². The fourth-order valence-corrected chi connectivity index (χ4v) is 3.58. The number of ether oxygens (including phenoxy) is 1. The third kappa shape index (κ3) is 6.96. The third-order valence-electron chi connectivity index (χ3n) is 4.95. The number of aliphatic imine (C=N–C) groups is 1. The molecule has 0 aliphatic carbocycles. The van der Waals surface area contributed by atoms with Crippen molar-refractivity contribution in [1.29, 1.82) is 0 Å². The van der Waals surface area contributed by atoms with Gasteiger partial charge in [0.1, 0.15) is 5.75 Å². The Bertz CT molecular complexity index is 785. The van der Waals surface area contributed by atoms with Gasteiger partial charge >= 0.3 is 0 Å². The molecule has 1 atom stereocenters. The second-order valence-corrected chi connectivity index (χ2v) is 7.41. The van der Waals surface area contributed by atoms with Gasteiger partial charge in [-0.3, -0.25) is 0 Å². The van der Waals surface area contributed by atoms with Crippen molar-refractivity contribution in [3.63, 3.8) is 0 Å². The monoisotopic (exact) mass is 528 g/mol. The van der Waals surface area contributed by atoms with Gasteiger partial charge in [-0.05, 0) is 49.1 Å². The van der Waals surface area contributed by atoms with Crippen LogP contribution in [0.3, 0.4) is 0 Å². The molecule has 1 aliphatic heterocycles. The maximum Gasteiger partial charge on any atom is 0.191 e. The SMILES string of the molecule is CCNC(=NCc1ccc(Cl)cc1)NCC1CCN(c2ccccc2OC)C1.I. The number of guanidine groups is 1. The van der Waals surface area contributed by atoms with E-state index in [-0.39, 0.29) is 24.0 Å². The summed E-state index contributed by atoms with van der Waals surface area (Å²) in [6, 6.07) is 16.1. The van der Waals surface area contributed by atoms with Crippen LogP contribution in [-0.4, -0.2) is 39.2 Å². The highest BCUT2D eigenvalue weighted by atomic mass is 127. The van der Waals surface area contributed by atoms with Crippen LogP contribution < -0.4 is 20.3 Å². The van der Waals surface area contributed by atoms with E-state index in [1.807, 2.05) is 36.4 Å². The molecule has 3 rings (SSSR count). The first-order valence-electron chi connectivity index (χ1n) is 9.84. The van der Waals surface area contributed by atoms with E-state index in [2.05, 4.69) is 34.6 Å². The number of hydrogen-bond donors (Lipinski definition) is 2. The number of para-hydroxylation sites is 2. The molecule has 7 heteroatoms. The lowest BCUT2D eigenvalue weighted by Gasteiger charge is -2.21. The van der Waals surface area contributed by atoms with E-state index in [9.17, 15) is 0 Å². The van der Waals surface area contributed by atoms with Crippen molar-refractivity contribution >= 4 is 47.2 Å². The molecule has 158 valence electrons. The summed E-state index contributed by atoms with van der Waals surface area (Å²) in [5.41, 5.74) is 2.32. The molecule has 0 saturated carbocycles. The van der Waals surface area contributed by atoms with Crippen molar-refractivity contribution in [2.24, 2.45) is 10.9 Å². The fraction of sp³-hybridized carbons (Fsp3) is 0.409. The lowest BCUT2D eigenvalue weighted by molar-refractivity contribution is 0.414. The number of rotatable bonds is 7. The molecule has 0 radical (unpaired) electrons. The summed E-state index contributed by atoms with van der Waals surface area (Å²) in [6.45, 7) is 6.51. The maximum atomic E-state index is 5.95. The van der Waals surface area contributed by atoms with Crippen LogP contribution in [0.4, 0.5) is 5.69 Å². The zero-order valence-corrected chi connectivity index (χ0v) is 20.1. The zero-order chi connectivity index (χ0) is 19.8. The highest BCUT2D eigenvalue weighted by Gasteiger charge is 2.24. The molecular weight excluding hydrogens is 499 g/mol. The Labute approximate surface area is 195 Å². The van der Waals surface area contributed by atoms with Gasteiger partial charge in [-0.2, -0.15) is 0 Å². The van der Waals surface area contributed by atoms with Gasteiger partial charge in [0.2, 0.25) is 0 Å². The van der Waals surface area contributed by atoms with Crippen molar-refractivity contribution < 1.29 is 4.74 Å². The highest BCUT2D eigenvalue weighted by Crippen LogP contribution is 2.31. The Morgan fingerprint density at radius 1 is 1.17 bits per heavy atom. The Morgan fingerprint density at radius 3 is 2.66 bits per heavy atom. The molecule has 5 nitrogen and oxygen atoms in total. The van der Waals surface area contributed by atoms with Crippen molar-refractivity contribution in [3.05, 3.63) is 59.1 Å². The van der Waals surface area contributed by atoms with Gasteiger partial charge < -0.3 is 20.3 Å². The van der Waals surface area contributed by atoms with Gasteiger partial charge in [-0.1, -0.05) is 35.9 Å². The minimum atomic E-state index is 0. The van der Waals surface area contributed by atoms with E-state index in [1.54, 1.807) is 7.11 Å². The number of anilines is 1. The molecule has 2 N–H and O–H groups in total. The number of hydrogen-bond acceptors (Lipinski definition) is 3. The Morgan fingerprint density at radius 2 is 1.93 bits per heavy atom. The Hall–Kier alpha value is -1.67. The average molecular weight is 529 g/mol. The van der Waals surface area contributed by atoms with Crippen molar-refractivity contribution in [2.45, 2.75) is 19.9 Å². The third-order valence-corrected chi connectivity index (χ3v) is 5.20. The molecule has 0 bridgehead atoms. The van der Waals surface area contributed by atoms with Crippen molar-refractivity contribution in [3.8, 4) is 5.75 Å². The standard InChI is InChI=1S/C22H29ClN4O.HI/c1-3-24-22(25-14-17-8-10-19(23)11-9-17)26-15-18-12-13-27(16-18)20-6-4-5-7-21(20)28-2;/h4-11,18H,3,12-16H2,1-2H3,(H2,24,25,26);1H. The molecule has 1 aliphatic rings. The molecule has 2 aromatic rings. The number of nitrogens with zero attached hydrogens (tertiary/aromatic N) is 2. The second-order valence-electron chi connectivity index (χ2n) is 6.98. The molecule has 1 fully saturated rings. The van der Waals surface area contributed by atoms with Gasteiger partial charge in [0.05, 0.1) is 19.3 Å². The summed E-state index contributed by atoms with van der Waals surface area (Å²) in [5.74, 6) is 2.37. The first-order chi connectivity index (χ1) is 13.7. The summed E-state index contributed by atoms with van der Waals surface area (Å²) in [7, 11) is 1.73. The number of methoxy groups -OCH3 is 1. The van der Waals surface area contributed by atoms with Crippen LogP contribution in [0.2, 0.25) is 5.02 Å². The molecule has 1 unspecified atom stereocenters. The van der Waals surface area contributed by atoms with Gasteiger partial charge in [-0.25, -0.2) is 4.99 Å². The van der Waals surface area contributed by atoms with Gasteiger partial charge in [0.15, 0.2) is 5.96 Å². The summed E-state index contributed by atoms with van der Waals surface area (Å²) >= 11 is 5.95. The molecule has 1 heterocycles. The molecular formula is C22H30ClIN4O. The summed E-state index contributed by atoms with van der Waals surface area (Å²) in [4.78, 5) is 7.10. The molecule has 2 aromatic carbocycles. The molecule has 0 spiro atoms. The van der Waals surface area contributed by atoms with Gasteiger partial charge in [0, 0.05) is 31.2 Å². The second kappa shape index (κ2) is 12.1. The van der Waals surface area contributed by atoms with Crippen LogP contribution in [0.15, 0.2) is 53.5 Å². The Balaban J connectivity index is 0.00000300. The predicted octanol–water partition coefficient (Wildman–Crippen LogP) is 4.55. The first kappa shape index (κ1) is 23.6. The summed E-state index contributed by atoms with van der Waals surface area (Å²) < 4.78 is 5.51. The zero-order valence-electron chi connectivity index (χ0n) is 17.0. The van der Waals surface area contributed by atoms with E-state index in [0.717, 1.165) is 54.9 Å². The summed E-state index contributed by atoms with van der Waals surface area (Å²) in [6.07, 6.45) is 1.15. The van der Waals surface area contributed by atoms with E-state index in [1.165, 1.54) is 5.69 Å². The van der Waals surface area contributed by atoms with Gasteiger partial charge in [0.25, 0.3) is 0 Å². The normalized spacial score (nSPS) is 16.3. The number of halogens is 2. The largest absolute Gasteiger partial charge is 0.495 e. The van der Waals surface area contributed by atoms with E-state index in [4.69, 9.17) is 21.3 Å². The van der Waals surface area contributed by atoms with Crippen LogP contribution in [0.25, 0.3) is 0 Å². The van der Waals surface area contributed by atoms with Crippen LogP contribution in [0.1, 0.15) is 18.9 Å². The first-order valence-corrected chi connectivity index (χ1v) is 10.2. The lowest BCUT2D eigenvalue weighted by Crippen LogP contribution is -2.40. The quantitative estimate of drug-likeness (QED) is 0.315. The number of nitrogens with one attached hydrogen (secondary N) is 2. The molecule has 0 amide bonds. The predicted molar refractivity (Wildman–Crippen MR) is 133 cm³/mol. The number of benzene rings is 2. The van der Waals surface area contributed by atoms with Crippen LogP contribution >= 0.6 is 35.6 Å². The highest BCUT2D eigenvalue weighted by molar-refractivity contribution is 14.0. The average Bonchev–Trinajstić information content (AvgIpc) is 3.20. The minimum Gasteiger partial charge on any atom is -0.495 e. The summed E-state index contributed by atoms with van der Waals surface area (Å²) in [5, 5.41) is 7.58. The fourth-order valence-electron chi connectivity index (χ4n) is 3.45.